The molecular weight excluding hydrogens is 252 g/mol. The van der Waals surface area contributed by atoms with E-state index in [1.54, 1.807) is 0 Å². The molecule has 1 heterocycles. The Bertz CT molecular complexity index is 368. The summed E-state index contributed by atoms with van der Waals surface area (Å²) in [4.78, 5) is 2.69. The van der Waals surface area contributed by atoms with Crippen LogP contribution in [-0.4, -0.2) is 30.1 Å². The van der Waals surface area contributed by atoms with Crippen molar-refractivity contribution in [3.63, 3.8) is 0 Å². The fourth-order valence-electron chi connectivity index (χ4n) is 2.61. The molecule has 0 bridgehead atoms. The lowest BCUT2D eigenvalue weighted by Crippen LogP contribution is -2.47. The molecule has 1 aliphatic carbocycles. The maximum absolute atomic E-state index is 3.58. The summed E-state index contributed by atoms with van der Waals surface area (Å²) >= 11 is 1.81. The van der Waals surface area contributed by atoms with E-state index in [1.165, 1.54) is 24.9 Å². The summed E-state index contributed by atoms with van der Waals surface area (Å²) in [6.07, 6.45) is 2.77. The number of thiophene rings is 1. The number of nitrogens with one attached hydrogen (secondary N) is 1. The lowest BCUT2D eigenvalue weighted by atomic mass is 9.84. The molecule has 1 N–H and O–H groups in total. The van der Waals surface area contributed by atoms with Gasteiger partial charge in [-0.3, -0.25) is 4.90 Å². The van der Waals surface area contributed by atoms with Gasteiger partial charge in [-0.15, -0.1) is 0 Å². The van der Waals surface area contributed by atoms with E-state index in [-0.39, 0.29) is 0 Å². The van der Waals surface area contributed by atoms with Gasteiger partial charge in [0.2, 0.25) is 0 Å². The fraction of sp³-hybridized carbons (Fsp3) is 0.750. The number of hydrogen-bond donors (Lipinski definition) is 1. The van der Waals surface area contributed by atoms with Crippen LogP contribution in [0.15, 0.2) is 16.8 Å². The highest BCUT2D eigenvalue weighted by Gasteiger charge is 2.35. The molecule has 1 saturated carbocycles. The first-order valence-electron chi connectivity index (χ1n) is 7.51. The Morgan fingerprint density at radius 1 is 1.47 bits per heavy atom. The van der Waals surface area contributed by atoms with Gasteiger partial charge in [-0.1, -0.05) is 20.8 Å². The second kappa shape index (κ2) is 6.38. The zero-order chi connectivity index (χ0) is 13.9. The second-order valence-electron chi connectivity index (χ2n) is 6.54. The molecule has 1 aliphatic rings. The minimum absolute atomic E-state index is 0.314. The average molecular weight is 280 g/mol. The van der Waals surface area contributed by atoms with Crippen LogP contribution in [0.25, 0.3) is 0 Å². The standard InChI is InChI=1S/C16H28N2S/c1-5-17-13(2)16(3,4)12-18(15-6-7-15)10-14-8-9-19-11-14/h8-9,11,13,15,17H,5-7,10,12H2,1-4H3. The van der Waals surface area contributed by atoms with Crippen molar-refractivity contribution in [1.82, 2.24) is 10.2 Å². The smallest absolute Gasteiger partial charge is 0.0245 e. The predicted octanol–water partition coefficient (Wildman–Crippen LogP) is 3.74. The molecule has 2 nitrogen and oxygen atoms in total. The van der Waals surface area contributed by atoms with Crippen LogP contribution >= 0.6 is 11.3 Å². The summed E-state index contributed by atoms with van der Waals surface area (Å²) in [5.74, 6) is 0. The first kappa shape index (κ1) is 15.0. The molecule has 0 spiro atoms. The third-order valence-electron chi connectivity index (χ3n) is 4.32. The highest BCUT2D eigenvalue weighted by Crippen LogP contribution is 2.33. The van der Waals surface area contributed by atoms with Crippen molar-refractivity contribution >= 4 is 11.3 Å². The SMILES string of the molecule is CCNC(C)C(C)(C)CN(Cc1ccsc1)C1CC1. The zero-order valence-electron chi connectivity index (χ0n) is 12.8. The monoisotopic (exact) mass is 280 g/mol. The maximum Gasteiger partial charge on any atom is 0.0245 e. The van der Waals surface area contributed by atoms with E-state index < -0.39 is 0 Å². The third kappa shape index (κ3) is 4.30. The largest absolute Gasteiger partial charge is 0.314 e. The number of rotatable bonds is 8. The highest BCUT2D eigenvalue weighted by molar-refractivity contribution is 7.07. The topological polar surface area (TPSA) is 15.3 Å². The van der Waals surface area contributed by atoms with E-state index >= 15 is 0 Å². The van der Waals surface area contributed by atoms with Crippen molar-refractivity contribution < 1.29 is 0 Å². The van der Waals surface area contributed by atoms with Gasteiger partial charge >= 0.3 is 0 Å². The Balaban J connectivity index is 1.96. The summed E-state index contributed by atoms with van der Waals surface area (Å²) < 4.78 is 0. The van der Waals surface area contributed by atoms with Gasteiger partial charge in [-0.2, -0.15) is 11.3 Å². The number of hydrogen-bond acceptors (Lipinski definition) is 3. The van der Waals surface area contributed by atoms with E-state index in [9.17, 15) is 0 Å². The summed E-state index contributed by atoms with van der Waals surface area (Å²) in [5, 5.41) is 8.06. The molecule has 0 aromatic carbocycles. The van der Waals surface area contributed by atoms with Crippen molar-refractivity contribution in [2.24, 2.45) is 5.41 Å². The van der Waals surface area contributed by atoms with Crippen molar-refractivity contribution in [2.75, 3.05) is 13.1 Å². The normalized spacial score (nSPS) is 17.9. The van der Waals surface area contributed by atoms with Crippen LogP contribution in [-0.2, 0) is 6.54 Å². The van der Waals surface area contributed by atoms with E-state index in [0.29, 0.717) is 11.5 Å². The Morgan fingerprint density at radius 2 is 2.21 bits per heavy atom. The summed E-state index contributed by atoms with van der Waals surface area (Å²) in [5.41, 5.74) is 1.79. The van der Waals surface area contributed by atoms with Crippen LogP contribution in [0.5, 0.6) is 0 Å². The average Bonchev–Trinajstić information content (AvgIpc) is 3.08. The molecule has 1 aromatic rings. The Morgan fingerprint density at radius 3 is 2.74 bits per heavy atom. The van der Waals surface area contributed by atoms with Crippen molar-refractivity contribution in [2.45, 2.75) is 59.2 Å². The lowest BCUT2D eigenvalue weighted by Gasteiger charge is -2.37. The van der Waals surface area contributed by atoms with Gasteiger partial charge in [0.1, 0.15) is 0 Å². The second-order valence-corrected chi connectivity index (χ2v) is 7.32. The highest BCUT2D eigenvalue weighted by atomic mass is 32.1. The Kier molecular flexibility index (Phi) is 5.04. The lowest BCUT2D eigenvalue weighted by molar-refractivity contribution is 0.131. The number of nitrogens with zero attached hydrogens (tertiary/aromatic N) is 1. The molecular formula is C16H28N2S. The first-order valence-corrected chi connectivity index (χ1v) is 8.45. The van der Waals surface area contributed by atoms with E-state index in [4.69, 9.17) is 0 Å². The van der Waals surface area contributed by atoms with E-state index in [0.717, 1.165) is 19.1 Å². The molecule has 2 rings (SSSR count). The molecule has 19 heavy (non-hydrogen) atoms. The van der Waals surface area contributed by atoms with Gasteiger partial charge in [-0.05, 0) is 54.1 Å². The fourth-order valence-corrected chi connectivity index (χ4v) is 3.27. The molecule has 108 valence electrons. The minimum Gasteiger partial charge on any atom is -0.314 e. The van der Waals surface area contributed by atoms with E-state index in [1.807, 2.05) is 11.3 Å². The van der Waals surface area contributed by atoms with Crippen LogP contribution < -0.4 is 5.32 Å². The van der Waals surface area contributed by atoms with Crippen LogP contribution in [0.1, 0.15) is 46.1 Å². The van der Waals surface area contributed by atoms with Gasteiger partial charge in [0.15, 0.2) is 0 Å². The Hall–Kier alpha value is -0.380. The van der Waals surface area contributed by atoms with Gasteiger partial charge in [0.05, 0.1) is 0 Å². The summed E-state index contributed by atoms with van der Waals surface area (Å²) in [6, 6.07) is 3.65. The van der Waals surface area contributed by atoms with Crippen molar-refractivity contribution in [3.8, 4) is 0 Å². The zero-order valence-corrected chi connectivity index (χ0v) is 13.6. The maximum atomic E-state index is 3.58. The van der Waals surface area contributed by atoms with Crippen molar-refractivity contribution in [1.29, 1.82) is 0 Å². The first-order chi connectivity index (χ1) is 9.03. The van der Waals surface area contributed by atoms with Crippen LogP contribution in [0.4, 0.5) is 0 Å². The molecule has 1 aromatic heterocycles. The van der Waals surface area contributed by atoms with Gasteiger partial charge < -0.3 is 5.32 Å². The molecule has 0 aliphatic heterocycles. The Labute approximate surface area is 122 Å². The third-order valence-corrected chi connectivity index (χ3v) is 5.05. The summed E-state index contributed by atoms with van der Waals surface area (Å²) in [7, 11) is 0. The van der Waals surface area contributed by atoms with E-state index in [2.05, 4.69) is 54.7 Å². The van der Waals surface area contributed by atoms with Crippen LogP contribution in [0.2, 0.25) is 0 Å². The van der Waals surface area contributed by atoms with Crippen LogP contribution in [0.3, 0.4) is 0 Å². The van der Waals surface area contributed by atoms with Gasteiger partial charge in [0, 0.05) is 25.2 Å². The predicted molar refractivity (Wildman–Crippen MR) is 84.7 cm³/mol. The summed E-state index contributed by atoms with van der Waals surface area (Å²) in [6.45, 7) is 12.7. The molecule has 0 radical (unpaired) electrons. The van der Waals surface area contributed by atoms with Crippen LogP contribution in [0, 0.1) is 5.41 Å². The molecule has 0 amide bonds. The molecule has 1 unspecified atom stereocenters. The minimum atomic E-state index is 0.314. The molecule has 1 fully saturated rings. The van der Waals surface area contributed by atoms with Crippen molar-refractivity contribution in [3.05, 3.63) is 22.4 Å². The van der Waals surface area contributed by atoms with Gasteiger partial charge in [0.25, 0.3) is 0 Å². The molecule has 3 heteroatoms. The molecule has 0 saturated heterocycles. The van der Waals surface area contributed by atoms with Gasteiger partial charge in [-0.25, -0.2) is 0 Å². The quantitative estimate of drug-likeness (QED) is 0.780. The molecule has 1 atom stereocenters.